The Bertz CT molecular complexity index is 1130. The van der Waals surface area contributed by atoms with Gasteiger partial charge in [-0.15, -0.1) is 0 Å². The Kier molecular flexibility index (Phi) is 7.36. The van der Waals surface area contributed by atoms with Crippen LogP contribution in [-0.2, 0) is 17.9 Å². The van der Waals surface area contributed by atoms with Gasteiger partial charge < -0.3 is 9.80 Å². The average molecular weight is 485 g/mol. The van der Waals surface area contributed by atoms with E-state index in [-0.39, 0.29) is 17.7 Å². The monoisotopic (exact) mass is 484 g/mol. The van der Waals surface area contributed by atoms with Crippen molar-refractivity contribution in [1.82, 2.24) is 19.6 Å². The molecule has 1 atom stereocenters. The van der Waals surface area contributed by atoms with Crippen LogP contribution in [0.15, 0.2) is 60.9 Å². The van der Waals surface area contributed by atoms with E-state index in [2.05, 4.69) is 17.2 Å². The molecule has 4 rings (SSSR count). The molecular formula is C25H26Cl2N4O2. The van der Waals surface area contributed by atoms with E-state index in [9.17, 15) is 9.59 Å². The summed E-state index contributed by atoms with van der Waals surface area (Å²) in [5.41, 5.74) is 2.63. The second kappa shape index (κ2) is 10.4. The van der Waals surface area contributed by atoms with Gasteiger partial charge >= 0.3 is 0 Å². The van der Waals surface area contributed by atoms with E-state index in [4.69, 9.17) is 23.2 Å². The van der Waals surface area contributed by atoms with Crippen LogP contribution >= 0.6 is 23.2 Å². The summed E-state index contributed by atoms with van der Waals surface area (Å²) in [6.45, 7) is 2.19. The predicted octanol–water partition coefficient (Wildman–Crippen LogP) is 4.75. The molecule has 1 aromatic heterocycles. The second-order valence-corrected chi connectivity index (χ2v) is 9.26. The SMILES string of the molecule is CN(Cc1cnn(Cc2ccccc2)c1)C(=O)C1CCCN(C(=O)c2ccc(Cl)c(Cl)c2)C1. The number of likely N-dealkylation sites (tertiary alicyclic amines) is 1. The van der Waals surface area contributed by atoms with Crippen molar-refractivity contribution in [2.45, 2.75) is 25.9 Å². The fourth-order valence-electron chi connectivity index (χ4n) is 4.18. The van der Waals surface area contributed by atoms with Crippen LogP contribution in [0.5, 0.6) is 0 Å². The number of hydrogen-bond donors (Lipinski definition) is 0. The van der Waals surface area contributed by atoms with Gasteiger partial charge in [0.05, 0.1) is 28.7 Å². The summed E-state index contributed by atoms with van der Waals surface area (Å²) >= 11 is 12.0. The third-order valence-electron chi connectivity index (χ3n) is 5.89. The van der Waals surface area contributed by atoms with Gasteiger partial charge in [-0.25, -0.2) is 0 Å². The van der Waals surface area contributed by atoms with E-state index in [1.807, 2.05) is 29.1 Å². The number of amides is 2. The van der Waals surface area contributed by atoms with E-state index < -0.39 is 0 Å². The number of rotatable bonds is 6. The Morgan fingerprint density at radius 3 is 2.64 bits per heavy atom. The predicted molar refractivity (Wildman–Crippen MR) is 129 cm³/mol. The zero-order valence-corrected chi connectivity index (χ0v) is 20.0. The van der Waals surface area contributed by atoms with Crippen LogP contribution in [0.4, 0.5) is 0 Å². The molecule has 3 aromatic rings. The standard InChI is InChI=1S/C25H26Cl2N4O2/c1-29(14-19-13-28-31(16-19)15-18-6-3-2-4-7-18)24(32)21-8-5-11-30(17-21)25(33)20-9-10-22(26)23(27)12-20/h2-4,6-7,9-10,12-13,16,21H,5,8,11,14-15,17H2,1H3. The van der Waals surface area contributed by atoms with Crippen molar-refractivity contribution >= 4 is 35.0 Å². The molecule has 1 aliphatic rings. The average Bonchev–Trinajstić information content (AvgIpc) is 3.27. The largest absolute Gasteiger partial charge is 0.341 e. The first-order chi connectivity index (χ1) is 15.9. The van der Waals surface area contributed by atoms with Gasteiger partial charge in [-0.05, 0) is 36.6 Å². The molecule has 1 saturated heterocycles. The Morgan fingerprint density at radius 2 is 1.88 bits per heavy atom. The molecule has 0 saturated carbocycles. The zero-order chi connectivity index (χ0) is 23.4. The van der Waals surface area contributed by atoms with Crippen LogP contribution < -0.4 is 0 Å². The highest BCUT2D eigenvalue weighted by atomic mass is 35.5. The Balaban J connectivity index is 1.35. The maximum atomic E-state index is 13.1. The third-order valence-corrected chi connectivity index (χ3v) is 6.63. The summed E-state index contributed by atoms with van der Waals surface area (Å²) in [4.78, 5) is 29.5. The summed E-state index contributed by atoms with van der Waals surface area (Å²) in [6, 6.07) is 15.0. The second-order valence-electron chi connectivity index (χ2n) is 8.45. The lowest BCUT2D eigenvalue weighted by molar-refractivity contribution is -0.136. The van der Waals surface area contributed by atoms with Gasteiger partial charge in [-0.3, -0.25) is 14.3 Å². The fourth-order valence-corrected chi connectivity index (χ4v) is 4.48. The molecule has 2 heterocycles. The van der Waals surface area contributed by atoms with Crippen molar-refractivity contribution < 1.29 is 9.59 Å². The van der Waals surface area contributed by atoms with Gasteiger partial charge in [0.25, 0.3) is 5.91 Å². The molecule has 0 N–H and O–H groups in total. The third kappa shape index (κ3) is 5.75. The molecule has 0 radical (unpaired) electrons. The van der Waals surface area contributed by atoms with E-state index in [0.29, 0.717) is 41.8 Å². The molecule has 0 bridgehead atoms. The van der Waals surface area contributed by atoms with Crippen molar-refractivity contribution in [3.63, 3.8) is 0 Å². The van der Waals surface area contributed by atoms with Crippen LogP contribution in [-0.4, -0.2) is 51.5 Å². The fraction of sp³-hybridized carbons (Fsp3) is 0.320. The molecule has 2 aromatic carbocycles. The van der Waals surface area contributed by atoms with Crippen molar-refractivity contribution in [1.29, 1.82) is 0 Å². The van der Waals surface area contributed by atoms with Crippen LogP contribution in [0.25, 0.3) is 0 Å². The first kappa shape index (κ1) is 23.3. The van der Waals surface area contributed by atoms with Gasteiger partial charge in [0.1, 0.15) is 0 Å². The number of carbonyl (C=O) groups is 2. The highest BCUT2D eigenvalue weighted by molar-refractivity contribution is 6.42. The van der Waals surface area contributed by atoms with E-state index in [0.717, 1.165) is 18.4 Å². The number of nitrogens with zero attached hydrogens (tertiary/aromatic N) is 4. The van der Waals surface area contributed by atoms with Crippen LogP contribution in [0.1, 0.15) is 34.3 Å². The first-order valence-electron chi connectivity index (χ1n) is 11.0. The Labute approximate surface area is 203 Å². The number of benzene rings is 2. The maximum Gasteiger partial charge on any atom is 0.253 e. The van der Waals surface area contributed by atoms with Crippen molar-refractivity contribution in [2.24, 2.45) is 5.92 Å². The maximum absolute atomic E-state index is 13.1. The van der Waals surface area contributed by atoms with Gasteiger partial charge in [0.2, 0.25) is 5.91 Å². The molecule has 1 aliphatic heterocycles. The van der Waals surface area contributed by atoms with Crippen LogP contribution in [0.3, 0.4) is 0 Å². The zero-order valence-electron chi connectivity index (χ0n) is 18.5. The highest BCUT2D eigenvalue weighted by Crippen LogP contribution is 2.25. The lowest BCUT2D eigenvalue weighted by atomic mass is 9.96. The molecule has 1 unspecified atom stereocenters. The molecule has 2 amide bonds. The molecule has 0 aliphatic carbocycles. The molecule has 0 spiro atoms. The van der Waals surface area contributed by atoms with E-state index >= 15 is 0 Å². The minimum Gasteiger partial charge on any atom is -0.341 e. The van der Waals surface area contributed by atoms with Crippen LogP contribution in [0, 0.1) is 5.92 Å². The summed E-state index contributed by atoms with van der Waals surface area (Å²) in [7, 11) is 1.80. The summed E-state index contributed by atoms with van der Waals surface area (Å²) in [6.07, 6.45) is 5.32. The minimum absolute atomic E-state index is 0.0393. The van der Waals surface area contributed by atoms with Crippen LogP contribution in [0.2, 0.25) is 10.0 Å². The Morgan fingerprint density at radius 1 is 1.09 bits per heavy atom. The number of aromatic nitrogens is 2. The lowest BCUT2D eigenvalue weighted by Gasteiger charge is -2.34. The smallest absolute Gasteiger partial charge is 0.253 e. The number of carbonyl (C=O) groups excluding carboxylic acids is 2. The number of halogens is 2. The molecule has 172 valence electrons. The summed E-state index contributed by atoms with van der Waals surface area (Å²) < 4.78 is 1.88. The molecule has 6 nitrogen and oxygen atoms in total. The Hall–Kier alpha value is -2.83. The highest BCUT2D eigenvalue weighted by Gasteiger charge is 2.31. The quantitative estimate of drug-likeness (QED) is 0.507. The van der Waals surface area contributed by atoms with Crippen molar-refractivity contribution in [3.05, 3.63) is 87.7 Å². The minimum atomic E-state index is -0.227. The van der Waals surface area contributed by atoms with Gasteiger partial charge in [-0.1, -0.05) is 53.5 Å². The van der Waals surface area contributed by atoms with Crippen molar-refractivity contribution in [2.75, 3.05) is 20.1 Å². The van der Waals surface area contributed by atoms with E-state index in [1.54, 1.807) is 41.2 Å². The number of hydrogen-bond acceptors (Lipinski definition) is 3. The molecular weight excluding hydrogens is 459 g/mol. The van der Waals surface area contributed by atoms with Crippen molar-refractivity contribution in [3.8, 4) is 0 Å². The normalized spacial score (nSPS) is 16.0. The topological polar surface area (TPSA) is 58.4 Å². The van der Waals surface area contributed by atoms with E-state index in [1.165, 1.54) is 5.56 Å². The first-order valence-corrected chi connectivity index (χ1v) is 11.7. The molecule has 1 fully saturated rings. The summed E-state index contributed by atoms with van der Waals surface area (Å²) in [5, 5.41) is 5.18. The number of piperidine rings is 1. The molecule has 33 heavy (non-hydrogen) atoms. The molecule has 8 heteroatoms. The van der Waals surface area contributed by atoms with Gasteiger partial charge in [0, 0.05) is 44.0 Å². The summed E-state index contributed by atoms with van der Waals surface area (Å²) in [5.74, 6) is -0.316. The van der Waals surface area contributed by atoms with Gasteiger partial charge in [0.15, 0.2) is 0 Å². The lowest BCUT2D eigenvalue weighted by Crippen LogP contribution is -2.45. The van der Waals surface area contributed by atoms with Gasteiger partial charge in [-0.2, -0.15) is 5.10 Å².